The third kappa shape index (κ3) is 4.84. The van der Waals surface area contributed by atoms with Crippen LogP contribution in [0.15, 0.2) is 35.6 Å². The number of hydrogen-bond donors (Lipinski definition) is 2. The van der Waals surface area contributed by atoms with E-state index in [1.807, 2.05) is 13.0 Å². The van der Waals surface area contributed by atoms with Crippen molar-refractivity contribution in [2.24, 2.45) is 16.6 Å². The van der Waals surface area contributed by atoms with Crippen LogP contribution in [0.5, 0.6) is 0 Å². The molecule has 1 aliphatic heterocycles. The van der Waals surface area contributed by atoms with E-state index in [-0.39, 0.29) is 5.91 Å². The van der Waals surface area contributed by atoms with Crippen LogP contribution in [0.2, 0.25) is 0 Å². The molecular formula is C23H32N6O. The summed E-state index contributed by atoms with van der Waals surface area (Å²) in [5.41, 5.74) is 10.0. The zero-order chi connectivity index (χ0) is 21.7. The number of hydrogen-bond acceptors (Lipinski definition) is 6. The number of benzene rings is 1. The van der Waals surface area contributed by atoms with E-state index in [1.165, 1.54) is 5.56 Å². The highest BCUT2D eigenvalue weighted by Gasteiger charge is 2.31. The number of anilines is 2. The molecule has 30 heavy (non-hydrogen) atoms. The lowest BCUT2D eigenvalue weighted by Crippen LogP contribution is -2.30. The quantitative estimate of drug-likeness (QED) is 0.650. The summed E-state index contributed by atoms with van der Waals surface area (Å²) < 4.78 is 0. The number of para-hydroxylation sites is 1. The van der Waals surface area contributed by atoms with Gasteiger partial charge < -0.3 is 16.0 Å². The summed E-state index contributed by atoms with van der Waals surface area (Å²) in [6.07, 6.45) is 3.40. The van der Waals surface area contributed by atoms with Gasteiger partial charge in [-0.15, -0.1) is 0 Å². The number of rotatable bonds is 8. The fourth-order valence-corrected chi connectivity index (χ4v) is 3.75. The summed E-state index contributed by atoms with van der Waals surface area (Å²) in [5, 5.41) is 2.94. The van der Waals surface area contributed by atoms with E-state index < -0.39 is 0 Å². The summed E-state index contributed by atoms with van der Waals surface area (Å²) in [6, 6.07) is 8.34. The third-order valence-electron chi connectivity index (χ3n) is 5.44. The molecule has 0 saturated carbocycles. The molecular weight excluding hydrogens is 376 g/mol. The molecule has 0 fully saturated rings. The van der Waals surface area contributed by atoms with E-state index in [1.54, 1.807) is 13.3 Å². The van der Waals surface area contributed by atoms with Gasteiger partial charge in [-0.05, 0) is 50.8 Å². The maximum atomic E-state index is 12.5. The summed E-state index contributed by atoms with van der Waals surface area (Å²) in [4.78, 5) is 28.2. The molecule has 0 aliphatic carbocycles. The van der Waals surface area contributed by atoms with E-state index in [0.717, 1.165) is 36.6 Å². The number of aliphatic imine (C=N–C) groups is 1. The molecule has 160 valence electrons. The van der Waals surface area contributed by atoms with E-state index in [2.05, 4.69) is 57.2 Å². The van der Waals surface area contributed by atoms with Gasteiger partial charge in [0.25, 0.3) is 5.91 Å². The van der Waals surface area contributed by atoms with E-state index in [0.29, 0.717) is 36.3 Å². The van der Waals surface area contributed by atoms with Gasteiger partial charge in [0.2, 0.25) is 0 Å². The maximum absolute atomic E-state index is 12.5. The molecule has 1 atom stereocenters. The first kappa shape index (κ1) is 21.9. The zero-order valence-corrected chi connectivity index (χ0v) is 18.4. The van der Waals surface area contributed by atoms with Crippen LogP contribution in [0.3, 0.4) is 0 Å². The minimum Gasteiger partial charge on any atom is -0.351 e. The molecule has 1 aliphatic rings. The van der Waals surface area contributed by atoms with E-state index in [4.69, 9.17) is 5.73 Å². The van der Waals surface area contributed by atoms with Crippen molar-refractivity contribution in [2.45, 2.75) is 46.5 Å². The van der Waals surface area contributed by atoms with Crippen molar-refractivity contribution in [1.82, 2.24) is 15.3 Å². The first-order valence-corrected chi connectivity index (χ1v) is 10.6. The predicted octanol–water partition coefficient (Wildman–Crippen LogP) is 3.62. The maximum Gasteiger partial charge on any atom is 0.265 e. The third-order valence-corrected chi connectivity index (χ3v) is 5.44. The highest BCUT2D eigenvalue weighted by molar-refractivity contribution is 6.38. The van der Waals surface area contributed by atoms with Gasteiger partial charge in [-0.2, -0.15) is 0 Å². The normalized spacial score (nSPS) is 16.1. The number of aromatic nitrogens is 2. The van der Waals surface area contributed by atoms with E-state index in [9.17, 15) is 4.79 Å². The lowest BCUT2D eigenvalue weighted by Gasteiger charge is -2.21. The topological polar surface area (TPSA) is 96.5 Å². The number of nitrogens with zero attached hydrogens (tertiary/aromatic N) is 4. The second-order valence-corrected chi connectivity index (χ2v) is 8.21. The van der Waals surface area contributed by atoms with Crippen LogP contribution < -0.4 is 16.0 Å². The molecule has 0 spiro atoms. The number of nitrogens with two attached hydrogens (primary N) is 1. The molecule has 2 heterocycles. The molecule has 1 aromatic carbocycles. The van der Waals surface area contributed by atoms with E-state index >= 15 is 0 Å². The Labute approximate surface area is 178 Å². The standard InChI is InChI=1S/C23H32N6O/c1-15(2)10-12-25-23(30)17(4)28-21-16(3)26-14-27-22(21)29-13-18(9-11-24)19-7-5-6-8-20(19)29/h5-8,14-15,18H,9-13,24H2,1-4H3,(H,25,30)/b28-17+. The lowest BCUT2D eigenvalue weighted by molar-refractivity contribution is -0.114. The van der Waals surface area contributed by atoms with Gasteiger partial charge in [0.05, 0.1) is 5.69 Å². The summed E-state index contributed by atoms with van der Waals surface area (Å²) in [5.74, 6) is 1.45. The molecule has 0 bridgehead atoms. The van der Waals surface area contributed by atoms with Gasteiger partial charge in [-0.1, -0.05) is 32.0 Å². The fourth-order valence-electron chi connectivity index (χ4n) is 3.75. The number of aryl methyl sites for hydroxylation is 1. The highest BCUT2D eigenvalue weighted by Crippen LogP contribution is 2.44. The average molecular weight is 409 g/mol. The molecule has 3 N–H and O–H groups in total. The Morgan fingerprint density at radius 3 is 2.83 bits per heavy atom. The molecule has 1 aromatic heterocycles. The highest BCUT2D eigenvalue weighted by atomic mass is 16.1. The van der Waals surface area contributed by atoms with Gasteiger partial charge in [-0.25, -0.2) is 15.0 Å². The van der Waals surface area contributed by atoms with Gasteiger partial charge in [0.15, 0.2) is 5.82 Å². The molecule has 1 unspecified atom stereocenters. The minimum absolute atomic E-state index is 0.160. The number of amides is 1. The number of fused-ring (bicyclic) bond motifs is 1. The van der Waals surface area contributed by atoms with Gasteiger partial charge in [-0.3, -0.25) is 4.79 Å². The first-order chi connectivity index (χ1) is 14.4. The minimum atomic E-state index is -0.160. The number of nitrogens with one attached hydrogen (secondary N) is 1. The molecule has 1 amide bonds. The first-order valence-electron chi connectivity index (χ1n) is 10.6. The zero-order valence-electron chi connectivity index (χ0n) is 18.4. The van der Waals surface area contributed by atoms with Crippen LogP contribution in [0.1, 0.15) is 50.8 Å². The smallest absolute Gasteiger partial charge is 0.265 e. The van der Waals surface area contributed by atoms with Crippen molar-refractivity contribution in [1.29, 1.82) is 0 Å². The average Bonchev–Trinajstić information content (AvgIpc) is 3.08. The van der Waals surface area contributed by atoms with Crippen LogP contribution in [0.4, 0.5) is 17.2 Å². The van der Waals surface area contributed by atoms with Crippen molar-refractivity contribution < 1.29 is 4.79 Å². The number of carbonyl (C=O) groups is 1. The Kier molecular flexibility index (Phi) is 7.15. The molecule has 7 heteroatoms. The Morgan fingerprint density at radius 1 is 1.33 bits per heavy atom. The Morgan fingerprint density at radius 2 is 2.10 bits per heavy atom. The lowest BCUT2D eigenvalue weighted by atomic mass is 9.98. The number of carbonyl (C=O) groups excluding carboxylic acids is 1. The molecule has 0 radical (unpaired) electrons. The molecule has 0 saturated heterocycles. The van der Waals surface area contributed by atoms with Gasteiger partial charge in [0, 0.05) is 24.7 Å². The summed E-state index contributed by atoms with van der Waals surface area (Å²) >= 11 is 0. The van der Waals surface area contributed by atoms with Crippen LogP contribution in [0.25, 0.3) is 0 Å². The molecule has 7 nitrogen and oxygen atoms in total. The monoisotopic (exact) mass is 408 g/mol. The predicted molar refractivity (Wildman–Crippen MR) is 122 cm³/mol. The van der Waals surface area contributed by atoms with Crippen molar-refractivity contribution in [3.8, 4) is 0 Å². The van der Waals surface area contributed by atoms with Crippen molar-refractivity contribution in [3.63, 3.8) is 0 Å². The largest absolute Gasteiger partial charge is 0.351 e. The van der Waals surface area contributed by atoms with Crippen LogP contribution in [-0.2, 0) is 4.79 Å². The second-order valence-electron chi connectivity index (χ2n) is 8.21. The summed E-state index contributed by atoms with van der Waals surface area (Å²) in [6.45, 7) is 9.96. The van der Waals surface area contributed by atoms with Crippen molar-refractivity contribution >= 4 is 28.8 Å². The van der Waals surface area contributed by atoms with Gasteiger partial charge >= 0.3 is 0 Å². The molecule has 2 aromatic rings. The Hall–Kier alpha value is -2.80. The Bertz CT molecular complexity index is 924. The summed E-state index contributed by atoms with van der Waals surface area (Å²) in [7, 11) is 0. The SMILES string of the molecule is C/C(=N\c1c(C)ncnc1N1CC(CCN)c2ccccc21)C(=O)NCCC(C)C. The Balaban J connectivity index is 1.92. The second kappa shape index (κ2) is 9.80. The van der Waals surface area contributed by atoms with Crippen LogP contribution >= 0.6 is 0 Å². The van der Waals surface area contributed by atoms with Gasteiger partial charge in [0.1, 0.15) is 17.7 Å². The van der Waals surface area contributed by atoms with Crippen molar-refractivity contribution in [3.05, 3.63) is 41.9 Å². The van der Waals surface area contributed by atoms with Crippen LogP contribution in [-0.4, -0.2) is 41.2 Å². The fraction of sp³-hybridized carbons (Fsp3) is 0.478. The molecule has 3 rings (SSSR count). The van der Waals surface area contributed by atoms with Crippen LogP contribution in [0, 0.1) is 12.8 Å². The van der Waals surface area contributed by atoms with Crippen molar-refractivity contribution in [2.75, 3.05) is 24.5 Å².